The predicted octanol–water partition coefficient (Wildman–Crippen LogP) is 32.8. The summed E-state index contributed by atoms with van der Waals surface area (Å²) in [6.07, 6.45) is 3.97. The minimum absolute atomic E-state index is 0. The molecular weight excluding hydrogens is 1290 g/mol. The average molecular weight is 1450 g/mol. The van der Waals surface area contributed by atoms with Crippen molar-refractivity contribution in [1.29, 1.82) is 0 Å². The van der Waals surface area contributed by atoms with Gasteiger partial charge in [0.1, 0.15) is 17.4 Å². The van der Waals surface area contributed by atoms with Crippen molar-refractivity contribution in [1.82, 2.24) is 9.97 Å². The molecule has 2 heterocycles. The highest BCUT2D eigenvalue weighted by Crippen LogP contribution is 2.32. The van der Waals surface area contributed by atoms with E-state index in [1.165, 1.54) is 72.6 Å². The number of aromatic nitrogens is 2. The Morgan fingerprint density at radius 1 is 0.260 bits per heavy atom. The second kappa shape index (κ2) is 50.2. The molecule has 0 amide bonds. The molecular formula is C98H151ClF2N2O. The van der Waals surface area contributed by atoms with Gasteiger partial charge in [0.2, 0.25) is 0 Å². The van der Waals surface area contributed by atoms with Crippen molar-refractivity contribution in [3.05, 3.63) is 263 Å². The van der Waals surface area contributed by atoms with Crippen LogP contribution < -0.4 is 4.74 Å². The molecule has 2 aromatic heterocycles. The van der Waals surface area contributed by atoms with Crippen molar-refractivity contribution in [2.24, 2.45) is 0 Å². The molecule has 0 aliphatic heterocycles. The molecule has 0 atom stereocenters. The molecule has 0 aliphatic carbocycles. The lowest BCUT2D eigenvalue weighted by molar-refractivity contribution is 0.406. The first-order chi connectivity index (χ1) is 47.5. The summed E-state index contributed by atoms with van der Waals surface area (Å²) < 4.78 is 32.3. The van der Waals surface area contributed by atoms with Crippen LogP contribution in [0.4, 0.5) is 8.78 Å². The molecule has 0 radical (unpaired) electrons. The molecule has 0 N–H and O–H groups in total. The van der Waals surface area contributed by atoms with Gasteiger partial charge in [0, 0.05) is 28.8 Å². The number of methoxy groups -OCH3 is 1. The van der Waals surface area contributed by atoms with E-state index < -0.39 is 0 Å². The van der Waals surface area contributed by atoms with Crippen LogP contribution in [-0.4, -0.2) is 17.1 Å². The Kier molecular flexibility index (Phi) is 48.1. The molecule has 104 heavy (non-hydrogen) atoms. The Balaban J connectivity index is 0. The van der Waals surface area contributed by atoms with Gasteiger partial charge in [0.25, 0.3) is 0 Å². The van der Waals surface area contributed by atoms with E-state index in [-0.39, 0.29) is 38.3 Å². The maximum absolute atomic E-state index is 13.5. The minimum Gasteiger partial charge on any atom is -0.496 e. The van der Waals surface area contributed by atoms with Gasteiger partial charge < -0.3 is 4.74 Å². The SMILES string of the molecule is C.C.CC(C)c1ccc(C(C)C)c(Cl)c1.CC(C)c1ccc(C(C)C)c(F)c1.CC(C)c1ccc(C(C)C)c(F)c1.CC(C)c1ccc(C(C)C)cc1.CC(C)c1ccc(C(C)C)nc1.CC(C)c1ccc(C(C)C)nc1.COc1cc(C(C)C)ccc1C(C)C.Cc1cc(C(C)C)ccc1C(C)C. The normalized spacial score (nSPS) is 11.0. The van der Waals surface area contributed by atoms with Crippen LogP contribution in [0.15, 0.2) is 152 Å². The first-order valence-electron chi connectivity index (χ1n) is 38.6. The lowest BCUT2D eigenvalue weighted by atomic mass is 9.93. The predicted molar refractivity (Wildman–Crippen MR) is 462 cm³/mol. The third-order valence-corrected chi connectivity index (χ3v) is 18.8. The number of nitrogens with zero attached hydrogens (tertiary/aromatic N) is 2. The first-order valence-corrected chi connectivity index (χ1v) is 39.0. The number of hydrogen-bond acceptors (Lipinski definition) is 3. The van der Waals surface area contributed by atoms with Crippen LogP contribution in [0.2, 0.25) is 5.02 Å². The molecule has 580 valence electrons. The molecule has 6 heteroatoms. The fourth-order valence-electron chi connectivity index (χ4n) is 10.8. The van der Waals surface area contributed by atoms with Crippen LogP contribution in [0, 0.1) is 18.6 Å². The van der Waals surface area contributed by atoms with Gasteiger partial charge >= 0.3 is 0 Å². The highest BCUT2D eigenvalue weighted by molar-refractivity contribution is 6.31. The quantitative estimate of drug-likeness (QED) is 0.0911. The van der Waals surface area contributed by atoms with E-state index in [9.17, 15) is 8.78 Å². The van der Waals surface area contributed by atoms with Gasteiger partial charge in [-0.3, -0.25) is 9.97 Å². The molecule has 0 bridgehead atoms. The summed E-state index contributed by atoms with van der Waals surface area (Å²) in [6.45, 7) is 71.3. The second-order valence-electron chi connectivity index (χ2n) is 32.6. The number of hydrogen-bond donors (Lipinski definition) is 0. The monoisotopic (exact) mass is 1450 g/mol. The Labute approximate surface area is 645 Å². The number of benzene rings is 6. The zero-order valence-corrected chi connectivity index (χ0v) is 71.4. The molecule has 8 rings (SSSR count). The van der Waals surface area contributed by atoms with Crippen molar-refractivity contribution < 1.29 is 13.5 Å². The molecule has 0 saturated heterocycles. The van der Waals surface area contributed by atoms with Gasteiger partial charge in [-0.2, -0.15) is 0 Å². The van der Waals surface area contributed by atoms with Crippen molar-refractivity contribution in [3.63, 3.8) is 0 Å². The number of aryl methyl sites for hydroxylation is 1. The van der Waals surface area contributed by atoms with Gasteiger partial charge in [-0.25, -0.2) is 8.78 Å². The summed E-state index contributed by atoms with van der Waals surface area (Å²) in [6, 6.07) is 48.5. The molecule has 8 aromatic rings. The number of pyridine rings is 2. The van der Waals surface area contributed by atoms with E-state index in [1.807, 2.05) is 64.4 Å². The van der Waals surface area contributed by atoms with Gasteiger partial charge in [0.15, 0.2) is 0 Å². The van der Waals surface area contributed by atoms with Crippen molar-refractivity contribution >= 4 is 11.6 Å². The zero-order valence-electron chi connectivity index (χ0n) is 70.6. The van der Waals surface area contributed by atoms with Crippen LogP contribution in [0.25, 0.3) is 0 Å². The molecule has 6 aromatic carbocycles. The number of ether oxygens (including phenoxy) is 1. The number of rotatable bonds is 17. The molecule has 0 unspecified atom stereocenters. The van der Waals surface area contributed by atoms with E-state index in [1.54, 1.807) is 19.2 Å². The summed E-state index contributed by atoms with van der Waals surface area (Å²) >= 11 is 6.17. The van der Waals surface area contributed by atoms with Gasteiger partial charge in [-0.05, 0) is 221 Å². The Hall–Kier alpha value is -6.43. The fourth-order valence-corrected chi connectivity index (χ4v) is 11.3. The first kappa shape index (κ1) is 99.6. The highest BCUT2D eigenvalue weighted by atomic mass is 35.5. The Morgan fingerprint density at radius 2 is 0.500 bits per heavy atom. The van der Waals surface area contributed by atoms with Gasteiger partial charge in [-0.15, -0.1) is 0 Å². The van der Waals surface area contributed by atoms with E-state index in [0.717, 1.165) is 33.0 Å². The smallest absolute Gasteiger partial charge is 0.126 e. The van der Waals surface area contributed by atoms with Crippen LogP contribution in [0.3, 0.4) is 0 Å². The fraction of sp³-hybridized carbons (Fsp3) is 0.531. The summed E-state index contributed by atoms with van der Waals surface area (Å²) in [5.41, 5.74) is 21.2. The molecule has 0 fully saturated rings. The van der Waals surface area contributed by atoms with Crippen LogP contribution in [0.5, 0.6) is 5.75 Å². The number of halogens is 3. The standard InChI is InChI=1S/C13H20O.C13H20.C12H17Cl.2C12H17F.C12H18.2C11H17N.2CH4/c1-9(2)11-6-7-12(10(3)4)13(8-11)14-5;1-9(2)12-6-7-13(10(3)4)11(5)8-12;3*1-8(2)10-5-6-11(9(3)4)12(13)7-10;1-9(2)11-5-7-12(8-6-11)10(3)4;2*1-8(2)10-5-6-11(9(3)4)12-7-10;;/h6-10H,1-5H3;6-10H,1-5H3;3*5-9H,1-4H3;5-10H,1-4H3;2*5-9H,1-4H3;2*1H4. The Bertz CT molecular complexity index is 3120. The van der Waals surface area contributed by atoms with Crippen LogP contribution in [-0.2, 0) is 0 Å². The Morgan fingerprint density at radius 3 is 0.731 bits per heavy atom. The summed E-state index contributed by atoms with van der Waals surface area (Å²) in [7, 11) is 1.74. The van der Waals surface area contributed by atoms with Gasteiger partial charge in [-0.1, -0.05) is 351 Å². The van der Waals surface area contributed by atoms with E-state index >= 15 is 0 Å². The van der Waals surface area contributed by atoms with Gasteiger partial charge in [0.05, 0.1) is 7.11 Å². The molecule has 3 nitrogen and oxygen atoms in total. The van der Waals surface area contributed by atoms with Crippen LogP contribution >= 0.6 is 11.6 Å². The lowest BCUT2D eigenvalue weighted by Crippen LogP contribution is -1.96. The lowest BCUT2D eigenvalue weighted by Gasteiger charge is -2.14. The molecule has 0 spiro atoms. The summed E-state index contributed by atoms with van der Waals surface area (Å²) in [4.78, 5) is 8.80. The maximum Gasteiger partial charge on any atom is 0.126 e. The summed E-state index contributed by atoms with van der Waals surface area (Å²) in [5, 5.41) is 0.904. The largest absolute Gasteiger partial charge is 0.496 e. The van der Waals surface area contributed by atoms with Crippen molar-refractivity contribution in [2.75, 3.05) is 7.11 Å². The van der Waals surface area contributed by atoms with E-state index in [2.05, 4.69) is 314 Å². The third kappa shape index (κ3) is 35.8. The minimum atomic E-state index is -0.0683. The summed E-state index contributed by atoms with van der Waals surface area (Å²) in [5.74, 6) is 9.15. The second-order valence-corrected chi connectivity index (χ2v) is 33.0. The zero-order chi connectivity index (χ0) is 78.2. The van der Waals surface area contributed by atoms with E-state index in [4.69, 9.17) is 16.3 Å². The highest BCUT2D eigenvalue weighted by Gasteiger charge is 2.14. The molecule has 0 aliphatic rings. The van der Waals surface area contributed by atoms with Crippen LogP contribution in [0.1, 0.15) is 426 Å². The molecule has 0 saturated carbocycles. The van der Waals surface area contributed by atoms with Crippen molar-refractivity contribution in [3.8, 4) is 5.75 Å². The maximum atomic E-state index is 13.5. The average Bonchev–Trinajstić information content (AvgIpc) is 0.858. The van der Waals surface area contributed by atoms with Crippen molar-refractivity contribution in [2.45, 2.75) is 338 Å². The van der Waals surface area contributed by atoms with E-state index in [0.29, 0.717) is 82.9 Å². The topological polar surface area (TPSA) is 35.0 Å². The third-order valence-electron chi connectivity index (χ3n) is 18.5.